The maximum absolute atomic E-state index is 12.3. The second-order valence-electron chi connectivity index (χ2n) is 6.43. The van der Waals surface area contributed by atoms with E-state index in [-0.39, 0.29) is 10.6 Å². The number of hydrazine groups is 1. The molecule has 152 valence electrons. The Morgan fingerprint density at radius 2 is 1.23 bits per heavy atom. The molecule has 0 aliphatic rings. The Bertz CT molecular complexity index is 1100. The molecular weight excluding hydrogens is 425 g/mol. The highest BCUT2D eigenvalue weighted by Gasteiger charge is 2.12. The van der Waals surface area contributed by atoms with E-state index in [1.807, 2.05) is 6.92 Å². The number of halogens is 2. The highest BCUT2D eigenvalue weighted by molar-refractivity contribution is 6.37. The summed E-state index contributed by atoms with van der Waals surface area (Å²) in [6.07, 6.45) is 0. The van der Waals surface area contributed by atoms with E-state index in [0.717, 1.165) is 5.56 Å². The van der Waals surface area contributed by atoms with Gasteiger partial charge < -0.3 is 5.32 Å². The Labute approximate surface area is 183 Å². The predicted molar refractivity (Wildman–Crippen MR) is 117 cm³/mol. The van der Waals surface area contributed by atoms with Crippen LogP contribution in [-0.4, -0.2) is 17.7 Å². The lowest BCUT2D eigenvalue weighted by atomic mass is 10.1. The Morgan fingerprint density at radius 3 is 1.77 bits per heavy atom. The fourth-order valence-corrected chi connectivity index (χ4v) is 3.03. The number of aryl methyl sites for hydroxylation is 1. The second-order valence-corrected chi connectivity index (χ2v) is 7.27. The van der Waals surface area contributed by atoms with Crippen molar-refractivity contribution in [2.24, 2.45) is 0 Å². The van der Waals surface area contributed by atoms with Gasteiger partial charge in [0.2, 0.25) is 0 Å². The molecule has 0 radical (unpaired) electrons. The number of rotatable bonds is 4. The van der Waals surface area contributed by atoms with E-state index in [1.54, 1.807) is 42.5 Å². The van der Waals surface area contributed by atoms with Crippen LogP contribution in [0.3, 0.4) is 0 Å². The smallest absolute Gasteiger partial charge is 0.269 e. The quantitative estimate of drug-likeness (QED) is 0.515. The first-order chi connectivity index (χ1) is 14.3. The maximum atomic E-state index is 12.3. The van der Waals surface area contributed by atoms with Crippen LogP contribution in [0.1, 0.15) is 36.6 Å². The summed E-state index contributed by atoms with van der Waals surface area (Å²) in [4.78, 5) is 36.6. The third kappa shape index (κ3) is 5.37. The van der Waals surface area contributed by atoms with Crippen LogP contribution in [0, 0.1) is 6.92 Å². The minimum Gasteiger partial charge on any atom is -0.322 e. The van der Waals surface area contributed by atoms with Gasteiger partial charge in [0.1, 0.15) is 0 Å². The normalized spacial score (nSPS) is 10.2. The van der Waals surface area contributed by atoms with E-state index in [1.165, 1.54) is 24.3 Å². The molecular formula is C22H17Cl2N3O3. The standard InChI is InChI=1S/C22H17Cl2N3O3/c1-13-2-4-14(5-3-13)20(28)26-27-21(29)15-6-9-17(10-7-15)25-22(30)18-11-8-16(23)12-19(18)24/h2-12H,1H3,(H,25,30)(H,26,28)(H,27,29). The SMILES string of the molecule is Cc1ccc(C(=O)NNC(=O)c2ccc(NC(=O)c3ccc(Cl)cc3Cl)cc2)cc1. The number of amides is 3. The molecule has 0 bridgehead atoms. The van der Waals surface area contributed by atoms with E-state index in [4.69, 9.17) is 23.2 Å². The van der Waals surface area contributed by atoms with Gasteiger partial charge in [0, 0.05) is 21.8 Å². The highest BCUT2D eigenvalue weighted by Crippen LogP contribution is 2.22. The molecule has 0 saturated carbocycles. The van der Waals surface area contributed by atoms with Crippen molar-refractivity contribution in [1.29, 1.82) is 0 Å². The van der Waals surface area contributed by atoms with Crippen molar-refractivity contribution < 1.29 is 14.4 Å². The van der Waals surface area contributed by atoms with Crippen molar-refractivity contribution in [2.45, 2.75) is 6.92 Å². The first-order valence-corrected chi connectivity index (χ1v) is 9.63. The summed E-state index contributed by atoms with van der Waals surface area (Å²) < 4.78 is 0. The van der Waals surface area contributed by atoms with Crippen LogP contribution in [0.15, 0.2) is 66.7 Å². The lowest BCUT2D eigenvalue weighted by Gasteiger charge is -2.09. The molecule has 3 aromatic rings. The molecule has 3 rings (SSSR count). The zero-order chi connectivity index (χ0) is 21.7. The molecule has 0 saturated heterocycles. The molecule has 8 heteroatoms. The molecule has 0 aromatic heterocycles. The molecule has 0 aliphatic carbocycles. The summed E-state index contributed by atoms with van der Waals surface area (Å²) in [5, 5.41) is 3.36. The van der Waals surface area contributed by atoms with Gasteiger partial charge in [-0.1, -0.05) is 40.9 Å². The van der Waals surface area contributed by atoms with Crippen molar-refractivity contribution in [3.05, 3.63) is 99.0 Å². The first-order valence-electron chi connectivity index (χ1n) is 8.87. The fraction of sp³-hybridized carbons (Fsp3) is 0.0455. The van der Waals surface area contributed by atoms with Crippen LogP contribution < -0.4 is 16.2 Å². The average Bonchev–Trinajstić information content (AvgIpc) is 2.72. The Kier molecular flexibility index (Phi) is 6.72. The van der Waals surface area contributed by atoms with Crippen LogP contribution in [0.5, 0.6) is 0 Å². The monoisotopic (exact) mass is 441 g/mol. The Balaban J connectivity index is 1.58. The van der Waals surface area contributed by atoms with E-state index in [2.05, 4.69) is 16.2 Å². The third-order valence-corrected chi connectivity index (χ3v) is 4.73. The molecule has 0 aliphatic heterocycles. The van der Waals surface area contributed by atoms with Gasteiger partial charge in [-0.2, -0.15) is 0 Å². The van der Waals surface area contributed by atoms with E-state index in [0.29, 0.717) is 21.8 Å². The lowest BCUT2D eigenvalue weighted by Crippen LogP contribution is -2.41. The van der Waals surface area contributed by atoms with Gasteiger partial charge in [0.15, 0.2) is 0 Å². The van der Waals surface area contributed by atoms with E-state index in [9.17, 15) is 14.4 Å². The van der Waals surface area contributed by atoms with E-state index < -0.39 is 17.7 Å². The Morgan fingerprint density at radius 1 is 0.700 bits per heavy atom. The molecule has 0 atom stereocenters. The summed E-state index contributed by atoms with van der Waals surface area (Å²) in [6.45, 7) is 1.92. The molecule has 6 nitrogen and oxygen atoms in total. The summed E-state index contributed by atoms with van der Waals surface area (Å²) >= 11 is 11.9. The zero-order valence-corrected chi connectivity index (χ0v) is 17.3. The first kappa shape index (κ1) is 21.4. The maximum Gasteiger partial charge on any atom is 0.269 e. The summed E-state index contributed by atoms with van der Waals surface area (Å²) in [6, 6.07) is 17.7. The fourth-order valence-electron chi connectivity index (χ4n) is 2.54. The summed E-state index contributed by atoms with van der Waals surface area (Å²) in [5.74, 6) is -1.32. The van der Waals surface area contributed by atoms with E-state index >= 15 is 0 Å². The van der Waals surface area contributed by atoms with Gasteiger partial charge in [0.05, 0.1) is 10.6 Å². The number of benzene rings is 3. The van der Waals surface area contributed by atoms with Crippen LogP contribution in [0.2, 0.25) is 10.0 Å². The van der Waals surface area contributed by atoms with Gasteiger partial charge in [-0.05, 0) is 61.5 Å². The van der Waals surface area contributed by atoms with Crippen LogP contribution in [-0.2, 0) is 0 Å². The van der Waals surface area contributed by atoms with Gasteiger partial charge in [-0.25, -0.2) is 0 Å². The number of nitrogens with one attached hydrogen (secondary N) is 3. The van der Waals surface area contributed by atoms with Crippen LogP contribution in [0.25, 0.3) is 0 Å². The molecule has 30 heavy (non-hydrogen) atoms. The Hall–Kier alpha value is -3.35. The summed E-state index contributed by atoms with van der Waals surface area (Å²) in [5.41, 5.74) is 7.24. The van der Waals surface area contributed by atoms with Crippen molar-refractivity contribution in [1.82, 2.24) is 10.9 Å². The highest BCUT2D eigenvalue weighted by atomic mass is 35.5. The number of carbonyl (C=O) groups excluding carboxylic acids is 3. The molecule has 3 N–H and O–H groups in total. The number of hydrogen-bond acceptors (Lipinski definition) is 3. The van der Waals surface area contributed by atoms with Gasteiger partial charge in [-0.3, -0.25) is 25.2 Å². The minimum absolute atomic E-state index is 0.236. The summed E-state index contributed by atoms with van der Waals surface area (Å²) in [7, 11) is 0. The molecule has 0 unspecified atom stereocenters. The topological polar surface area (TPSA) is 87.3 Å². The molecule has 0 spiro atoms. The third-order valence-electron chi connectivity index (χ3n) is 4.18. The largest absolute Gasteiger partial charge is 0.322 e. The van der Waals surface area contributed by atoms with Gasteiger partial charge >= 0.3 is 0 Å². The molecule has 0 heterocycles. The van der Waals surface area contributed by atoms with Gasteiger partial charge in [-0.15, -0.1) is 0 Å². The van der Waals surface area contributed by atoms with Crippen LogP contribution >= 0.6 is 23.2 Å². The second kappa shape index (κ2) is 9.43. The van der Waals surface area contributed by atoms with Crippen LogP contribution in [0.4, 0.5) is 5.69 Å². The lowest BCUT2D eigenvalue weighted by molar-refractivity contribution is 0.0846. The zero-order valence-electron chi connectivity index (χ0n) is 15.8. The van der Waals surface area contributed by atoms with Crippen molar-refractivity contribution in [3.63, 3.8) is 0 Å². The molecule has 0 fully saturated rings. The number of anilines is 1. The number of carbonyl (C=O) groups is 3. The molecule has 3 amide bonds. The average molecular weight is 442 g/mol. The van der Waals surface area contributed by atoms with Crippen molar-refractivity contribution in [2.75, 3.05) is 5.32 Å². The predicted octanol–water partition coefficient (Wildman–Crippen LogP) is 4.63. The van der Waals surface area contributed by atoms with Crippen molar-refractivity contribution >= 4 is 46.6 Å². The number of hydrogen-bond donors (Lipinski definition) is 3. The van der Waals surface area contributed by atoms with Gasteiger partial charge in [0.25, 0.3) is 17.7 Å². The van der Waals surface area contributed by atoms with Crippen molar-refractivity contribution in [3.8, 4) is 0 Å². The minimum atomic E-state index is -0.492. The molecule has 3 aromatic carbocycles.